The van der Waals surface area contributed by atoms with Crippen molar-refractivity contribution in [3.05, 3.63) is 58.1 Å². The molecule has 5 nitrogen and oxygen atoms in total. The quantitative estimate of drug-likeness (QED) is 0.618. The third-order valence-electron chi connectivity index (χ3n) is 2.99. The first-order chi connectivity index (χ1) is 11.2. The van der Waals surface area contributed by atoms with Crippen LogP contribution in [0.1, 0.15) is 22.8 Å². The molecule has 0 atom stereocenters. The molecule has 0 aliphatic rings. The number of carbonyl (C=O) groups is 1. The van der Waals surface area contributed by atoms with Crippen LogP contribution in [0.4, 0.5) is 0 Å². The molecule has 0 aliphatic heterocycles. The van der Waals surface area contributed by atoms with Crippen LogP contribution in [0.15, 0.2) is 52.0 Å². The second kappa shape index (κ2) is 8.33. The third-order valence-corrected chi connectivity index (χ3v) is 3.68. The van der Waals surface area contributed by atoms with E-state index in [4.69, 9.17) is 9.47 Å². The van der Waals surface area contributed by atoms with Crippen molar-refractivity contribution in [3.8, 4) is 11.5 Å². The largest absolute Gasteiger partial charge is 0.493 e. The molecule has 2 aromatic rings. The van der Waals surface area contributed by atoms with Crippen LogP contribution in [0.3, 0.4) is 0 Å². The van der Waals surface area contributed by atoms with Gasteiger partial charge in [0, 0.05) is 4.47 Å². The summed E-state index contributed by atoms with van der Waals surface area (Å²) in [6, 6.07) is 12.6. The van der Waals surface area contributed by atoms with Crippen LogP contribution in [0, 0.1) is 0 Å². The van der Waals surface area contributed by atoms with E-state index in [2.05, 4.69) is 26.5 Å². The van der Waals surface area contributed by atoms with Gasteiger partial charge < -0.3 is 9.47 Å². The molecule has 0 aromatic heterocycles. The van der Waals surface area contributed by atoms with E-state index in [9.17, 15) is 4.79 Å². The highest BCUT2D eigenvalue weighted by Gasteiger charge is 2.08. The van der Waals surface area contributed by atoms with E-state index in [1.165, 1.54) is 0 Å². The van der Waals surface area contributed by atoms with Crippen molar-refractivity contribution in [3.63, 3.8) is 0 Å². The second-order valence-electron chi connectivity index (χ2n) is 4.52. The number of benzene rings is 2. The minimum atomic E-state index is -0.286. The van der Waals surface area contributed by atoms with E-state index in [-0.39, 0.29) is 5.91 Å². The first-order valence-electron chi connectivity index (χ1n) is 7.04. The number of hydrazone groups is 1. The van der Waals surface area contributed by atoms with Crippen LogP contribution >= 0.6 is 15.9 Å². The Balaban J connectivity index is 2.06. The summed E-state index contributed by atoms with van der Waals surface area (Å²) in [4.78, 5) is 12.0. The summed E-state index contributed by atoms with van der Waals surface area (Å²) in [6.45, 7) is 2.47. The monoisotopic (exact) mass is 376 g/mol. The van der Waals surface area contributed by atoms with Gasteiger partial charge in [-0.15, -0.1) is 0 Å². The summed E-state index contributed by atoms with van der Waals surface area (Å²) >= 11 is 3.33. The highest BCUT2D eigenvalue weighted by Crippen LogP contribution is 2.27. The molecule has 0 spiro atoms. The van der Waals surface area contributed by atoms with E-state index in [1.54, 1.807) is 43.7 Å². The Bertz CT molecular complexity index is 717. The standard InChI is InChI=1S/C17H17BrN2O3/c1-3-23-15-9-8-12(10-16(15)22-2)11-19-20-17(21)13-6-4-5-7-14(13)18/h4-11H,3H2,1-2H3,(H,20,21)/b19-11-. The van der Waals surface area contributed by atoms with E-state index >= 15 is 0 Å². The number of nitrogens with one attached hydrogen (secondary N) is 1. The van der Waals surface area contributed by atoms with Gasteiger partial charge >= 0.3 is 0 Å². The zero-order valence-electron chi connectivity index (χ0n) is 12.9. The maximum atomic E-state index is 12.0. The fourth-order valence-electron chi connectivity index (χ4n) is 1.91. The number of ether oxygens (including phenoxy) is 2. The van der Waals surface area contributed by atoms with Crippen LogP contribution < -0.4 is 14.9 Å². The number of hydrogen-bond acceptors (Lipinski definition) is 4. The SMILES string of the molecule is CCOc1ccc(/C=N\NC(=O)c2ccccc2Br)cc1OC. The highest BCUT2D eigenvalue weighted by molar-refractivity contribution is 9.10. The van der Waals surface area contributed by atoms with Crippen molar-refractivity contribution in [2.75, 3.05) is 13.7 Å². The second-order valence-corrected chi connectivity index (χ2v) is 5.38. The summed E-state index contributed by atoms with van der Waals surface area (Å²) in [5, 5.41) is 3.97. The average molecular weight is 377 g/mol. The van der Waals surface area contributed by atoms with E-state index < -0.39 is 0 Å². The third kappa shape index (κ3) is 4.56. The summed E-state index contributed by atoms with van der Waals surface area (Å²) < 4.78 is 11.4. The first kappa shape index (κ1) is 17.0. The molecule has 2 aromatic carbocycles. The molecule has 0 unspecified atom stereocenters. The lowest BCUT2D eigenvalue weighted by Crippen LogP contribution is -2.18. The Hall–Kier alpha value is -2.34. The molecule has 0 heterocycles. The van der Waals surface area contributed by atoms with Gasteiger partial charge in [-0.25, -0.2) is 5.43 Å². The fraction of sp³-hybridized carbons (Fsp3) is 0.176. The summed E-state index contributed by atoms with van der Waals surface area (Å²) in [7, 11) is 1.58. The number of carbonyl (C=O) groups excluding carboxylic acids is 1. The Labute approximate surface area is 143 Å². The zero-order valence-corrected chi connectivity index (χ0v) is 14.5. The van der Waals surface area contributed by atoms with Crippen molar-refractivity contribution in [1.29, 1.82) is 0 Å². The van der Waals surface area contributed by atoms with Gasteiger partial charge in [0.25, 0.3) is 5.91 Å². The lowest BCUT2D eigenvalue weighted by Gasteiger charge is -2.09. The predicted molar refractivity (Wildman–Crippen MR) is 93.4 cm³/mol. The molecule has 6 heteroatoms. The predicted octanol–water partition coefficient (Wildman–Crippen LogP) is 3.62. The van der Waals surface area contributed by atoms with Crippen molar-refractivity contribution >= 4 is 28.1 Å². The summed E-state index contributed by atoms with van der Waals surface area (Å²) in [6.07, 6.45) is 1.55. The van der Waals surface area contributed by atoms with Gasteiger partial charge in [0.1, 0.15) is 0 Å². The van der Waals surface area contributed by atoms with Gasteiger partial charge in [0.05, 0.1) is 25.5 Å². The van der Waals surface area contributed by atoms with Crippen LogP contribution in [0.5, 0.6) is 11.5 Å². The lowest BCUT2D eigenvalue weighted by molar-refractivity contribution is 0.0954. The van der Waals surface area contributed by atoms with Crippen LogP contribution in [0.2, 0.25) is 0 Å². The van der Waals surface area contributed by atoms with E-state index in [0.717, 1.165) is 10.0 Å². The molecule has 1 N–H and O–H groups in total. The fourth-order valence-corrected chi connectivity index (χ4v) is 2.38. The molecule has 0 saturated carbocycles. The van der Waals surface area contributed by atoms with Crippen LogP contribution in [-0.2, 0) is 0 Å². The van der Waals surface area contributed by atoms with Crippen molar-refractivity contribution in [2.45, 2.75) is 6.92 Å². The van der Waals surface area contributed by atoms with Gasteiger partial charge in [0.2, 0.25) is 0 Å². The summed E-state index contributed by atoms with van der Waals surface area (Å²) in [5.41, 5.74) is 3.81. The van der Waals surface area contributed by atoms with Gasteiger partial charge in [-0.1, -0.05) is 12.1 Å². The smallest absolute Gasteiger partial charge is 0.272 e. The minimum absolute atomic E-state index is 0.286. The Morgan fingerprint density at radius 2 is 2.04 bits per heavy atom. The molecule has 1 amide bonds. The number of nitrogens with zero attached hydrogens (tertiary/aromatic N) is 1. The molecule has 23 heavy (non-hydrogen) atoms. The molecule has 0 aliphatic carbocycles. The molecule has 0 saturated heterocycles. The normalized spacial score (nSPS) is 10.6. The Kier molecular flexibility index (Phi) is 6.17. The average Bonchev–Trinajstić information content (AvgIpc) is 2.56. The van der Waals surface area contributed by atoms with E-state index in [1.807, 2.05) is 19.1 Å². The van der Waals surface area contributed by atoms with Gasteiger partial charge in [-0.2, -0.15) is 5.10 Å². The van der Waals surface area contributed by atoms with Crippen molar-refractivity contribution < 1.29 is 14.3 Å². The Morgan fingerprint density at radius 1 is 1.26 bits per heavy atom. The zero-order chi connectivity index (χ0) is 16.7. The number of halogens is 1. The number of rotatable bonds is 6. The maximum Gasteiger partial charge on any atom is 0.272 e. The maximum absolute atomic E-state index is 12.0. The molecule has 0 fully saturated rings. The number of amides is 1. The number of methoxy groups -OCH3 is 1. The Morgan fingerprint density at radius 3 is 2.74 bits per heavy atom. The minimum Gasteiger partial charge on any atom is -0.493 e. The lowest BCUT2D eigenvalue weighted by atomic mass is 10.2. The molecule has 120 valence electrons. The first-order valence-corrected chi connectivity index (χ1v) is 7.83. The molecule has 0 radical (unpaired) electrons. The van der Waals surface area contributed by atoms with Crippen molar-refractivity contribution in [2.24, 2.45) is 5.10 Å². The molecule has 2 rings (SSSR count). The highest BCUT2D eigenvalue weighted by atomic mass is 79.9. The number of hydrogen-bond donors (Lipinski definition) is 1. The van der Waals surface area contributed by atoms with Crippen molar-refractivity contribution in [1.82, 2.24) is 5.43 Å². The van der Waals surface area contributed by atoms with Gasteiger partial charge in [-0.05, 0) is 58.7 Å². The summed E-state index contributed by atoms with van der Waals surface area (Å²) in [5.74, 6) is 1.00. The van der Waals surface area contributed by atoms with Crippen LogP contribution in [-0.4, -0.2) is 25.8 Å². The van der Waals surface area contributed by atoms with E-state index in [0.29, 0.717) is 23.7 Å². The van der Waals surface area contributed by atoms with Gasteiger partial charge in [-0.3, -0.25) is 4.79 Å². The topological polar surface area (TPSA) is 59.9 Å². The molecular formula is C17H17BrN2O3. The van der Waals surface area contributed by atoms with Crippen LogP contribution in [0.25, 0.3) is 0 Å². The molecular weight excluding hydrogens is 360 g/mol. The molecule has 0 bridgehead atoms. The van der Waals surface area contributed by atoms with Gasteiger partial charge in [0.15, 0.2) is 11.5 Å².